The van der Waals surface area contributed by atoms with Gasteiger partial charge in [-0.3, -0.25) is 4.79 Å². The highest BCUT2D eigenvalue weighted by molar-refractivity contribution is 6.06. The topological polar surface area (TPSA) is 87.8 Å². The number of pyridine rings is 1. The fraction of sp³-hybridized carbons (Fsp3) is 0.182. The van der Waals surface area contributed by atoms with Crippen molar-refractivity contribution in [1.82, 2.24) is 15.0 Å². The fourth-order valence-electron chi connectivity index (χ4n) is 1.36. The standard InChI is InChI=1S/C11H11N3O3/c1-2-17-9-5-3-4-7(13-9)10(15)8-6-12-11(16)14-8/h3-6H,2H2,1H3,(H2,12,14,16). The van der Waals surface area contributed by atoms with Gasteiger partial charge in [0.25, 0.3) is 0 Å². The van der Waals surface area contributed by atoms with Gasteiger partial charge in [-0.2, -0.15) is 0 Å². The van der Waals surface area contributed by atoms with Crippen molar-refractivity contribution in [3.63, 3.8) is 0 Å². The minimum Gasteiger partial charge on any atom is -0.478 e. The van der Waals surface area contributed by atoms with E-state index in [-0.39, 0.29) is 17.2 Å². The van der Waals surface area contributed by atoms with E-state index < -0.39 is 5.69 Å². The molecule has 0 bridgehead atoms. The van der Waals surface area contributed by atoms with Gasteiger partial charge in [0, 0.05) is 12.3 Å². The number of nitrogens with zero attached hydrogens (tertiary/aromatic N) is 1. The van der Waals surface area contributed by atoms with E-state index in [9.17, 15) is 9.59 Å². The zero-order valence-electron chi connectivity index (χ0n) is 9.19. The minimum atomic E-state index is -0.422. The molecular weight excluding hydrogens is 222 g/mol. The Labute approximate surface area is 96.7 Å². The van der Waals surface area contributed by atoms with Crippen molar-refractivity contribution in [3.05, 3.63) is 46.3 Å². The van der Waals surface area contributed by atoms with E-state index in [0.29, 0.717) is 12.5 Å². The number of hydrogen-bond acceptors (Lipinski definition) is 4. The predicted octanol–water partition coefficient (Wildman–Crippen LogP) is 0.728. The third-order valence-corrected chi connectivity index (χ3v) is 2.09. The van der Waals surface area contributed by atoms with Crippen molar-refractivity contribution < 1.29 is 9.53 Å². The van der Waals surface area contributed by atoms with Crippen molar-refractivity contribution >= 4 is 5.78 Å². The molecule has 0 atom stereocenters. The summed E-state index contributed by atoms with van der Waals surface area (Å²) in [6, 6.07) is 4.91. The number of ether oxygens (including phenoxy) is 1. The van der Waals surface area contributed by atoms with Crippen LogP contribution >= 0.6 is 0 Å². The van der Waals surface area contributed by atoms with Crippen LogP contribution in [0.3, 0.4) is 0 Å². The second-order valence-corrected chi connectivity index (χ2v) is 3.28. The second-order valence-electron chi connectivity index (χ2n) is 3.28. The van der Waals surface area contributed by atoms with Crippen molar-refractivity contribution in [2.75, 3.05) is 6.61 Å². The minimum absolute atomic E-state index is 0.177. The number of ketones is 1. The molecule has 0 aliphatic heterocycles. The first-order valence-electron chi connectivity index (χ1n) is 5.13. The molecule has 0 saturated carbocycles. The Morgan fingerprint density at radius 3 is 2.94 bits per heavy atom. The molecule has 0 radical (unpaired) electrons. The average Bonchev–Trinajstić information content (AvgIpc) is 2.76. The lowest BCUT2D eigenvalue weighted by Gasteiger charge is -2.03. The van der Waals surface area contributed by atoms with Gasteiger partial charge in [-0.05, 0) is 13.0 Å². The van der Waals surface area contributed by atoms with Crippen molar-refractivity contribution in [2.24, 2.45) is 0 Å². The molecule has 2 heterocycles. The van der Waals surface area contributed by atoms with E-state index in [1.165, 1.54) is 6.20 Å². The zero-order valence-corrected chi connectivity index (χ0v) is 9.19. The first kappa shape index (κ1) is 11.1. The zero-order chi connectivity index (χ0) is 12.3. The number of carbonyl (C=O) groups excluding carboxylic acids is 1. The van der Waals surface area contributed by atoms with Crippen molar-refractivity contribution in [3.8, 4) is 5.88 Å². The molecule has 0 aromatic carbocycles. The van der Waals surface area contributed by atoms with E-state index in [2.05, 4.69) is 15.0 Å². The lowest BCUT2D eigenvalue weighted by Crippen LogP contribution is -2.08. The van der Waals surface area contributed by atoms with Crippen LogP contribution in [0.4, 0.5) is 0 Å². The molecule has 2 aromatic heterocycles. The number of carbonyl (C=O) groups is 1. The van der Waals surface area contributed by atoms with Crippen LogP contribution in [0.1, 0.15) is 23.1 Å². The fourth-order valence-corrected chi connectivity index (χ4v) is 1.36. The Morgan fingerprint density at radius 2 is 2.29 bits per heavy atom. The molecule has 6 heteroatoms. The van der Waals surface area contributed by atoms with Gasteiger partial charge in [0.2, 0.25) is 11.7 Å². The van der Waals surface area contributed by atoms with Gasteiger partial charge in [0.15, 0.2) is 0 Å². The Bertz CT molecular complexity index is 585. The van der Waals surface area contributed by atoms with E-state index in [1.54, 1.807) is 18.2 Å². The third-order valence-electron chi connectivity index (χ3n) is 2.09. The highest BCUT2D eigenvalue weighted by Gasteiger charge is 2.13. The summed E-state index contributed by atoms with van der Waals surface area (Å²) in [7, 11) is 0. The highest BCUT2D eigenvalue weighted by atomic mass is 16.5. The van der Waals surface area contributed by atoms with Crippen LogP contribution in [0.2, 0.25) is 0 Å². The van der Waals surface area contributed by atoms with Crippen LogP contribution < -0.4 is 10.4 Å². The molecule has 0 aliphatic carbocycles. The molecule has 88 valence electrons. The maximum Gasteiger partial charge on any atom is 0.323 e. The number of imidazole rings is 1. The Kier molecular flexibility index (Phi) is 3.04. The molecule has 6 nitrogen and oxygen atoms in total. The van der Waals surface area contributed by atoms with E-state index in [4.69, 9.17) is 4.74 Å². The monoisotopic (exact) mass is 233 g/mol. The van der Waals surface area contributed by atoms with Crippen LogP contribution in [-0.2, 0) is 0 Å². The number of H-pyrrole nitrogens is 2. The van der Waals surface area contributed by atoms with Crippen LogP contribution in [0.15, 0.2) is 29.2 Å². The van der Waals surface area contributed by atoms with Crippen LogP contribution in [0.25, 0.3) is 0 Å². The van der Waals surface area contributed by atoms with Gasteiger partial charge < -0.3 is 14.7 Å². The Balaban J connectivity index is 2.30. The number of nitrogens with one attached hydrogen (secondary N) is 2. The molecule has 2 aromatic rings. The lowest BCUT2D eigenvalue weighted by molar-refractivity contribution is 0.102. The summed E-state index contributed by atoms with van der Waals surface area (Å²) in [5.74, 6) is 0.0288. The number of aromatic amines is 2. The predicted molar refractivity (Wildman–Crippen MR) is 60.3 cm³/mol. The van der Waals surface area contributed by atoms with E-state index >= 15 is 0 Å². The maximum atomic E-state index is 11.9. The van der Waals surface area contributed by atoms with Gasteiger partial charge in [-0.1, -0.05) is 6.07 Å². The van der Waals surface area contributed by atoms with Crippen LogP contribution in [-0.4, -0.2) is 27.3 Å². The summed E-state index contributed by atoms with van der Waals surface area (Å²) in [5, 5.41) is 0. The van der Waals surface area contributed by atoms with Crippen LogP contribution in [0, 0.1) is 0 Å². The van der Waals surface area contributed by atoms with Gasteiger partial charge in [0.05, 0.1) is 6.61 Å². The Hall–Kier alpha value is -2.37. The summed E-state index contributed by atoms with van der Waals surface area (Å²) in [6.45, 7) is 2.31. The van der Waals surface area contributed by atoms with Gasteiger partial charge in [-0.25, -0.2) is 9.78 Å². The smallest absolute Gasteiger partial charge is 0.323 e. The second kappa shape index (κ2) is 4.65. The molecule has 0 amide bonds. The molecule has 0 fully saturated rings. The van der Waals surface area contributed by atoms with Gasteiger partial charge in [0.1, 0.15) is 11.4 Å². The Morgan fingerprint density at radius 1 is 1.47 bits per heavy atom. The average molecular weight is 233 g/mol. The van der Waals surface area contributed by atoms with Crippen LogP contribution in [0.5, 0.6) is 5.88 Å². The van der Waals surface area contributed by atoms with Gasteiger partial charge >= 0.3 is 5.69 Å². The first-order valence-corrected chi connectivity index (χ1v) is 5.13. The first-order chi connectivity index (χ1) is 8.20. The summed E-state index contributed by atoms with van der Waals surface area (Å²) in [5.41, 5.74) is -0.0170. The van der Waals surface area contributed by atoms with E-state index in [1.807, 2.05) is 6.92 Å². The SMILES string of the molecule is CCOc1cccc(C(=O)c2c[nH]c(=O)[nH]2)n1. The molecule has 0 saturated heterocycles. The highest BCUT2D eigenvalue weighted by Crippen LogP contribution is 2.10. The van der Waals surface area contributed by atoms with Gasteiger partial charge in [-0.15, -0.1) is 0 Å². The molecule has 2 N–H and O–H groups in total. The molecule has 0 aliphatic rings. The summed E-state index contributed by atoms with van der Waals surface area (Å²) >= 11 is 0. The number of rotatable bonds is 4. The quantitative estimate of drug-likeness (QED) is 0.762. The maximum absolute atomic E-state index is 11.9. The van der Waals surface area contributed by atoms with E-state index in [0.717, 1.165) is 0 Å². The molecule has 17 heavy (non-hydrogen) atoms. The summed E-state index contributed by atoms with van der Waals surface area (Å²) < 4.78 is 5.19. The number of aromatic nitrogens is 3. The lowest BCUT2D eigenvalue weighted by atomic mass is 10.2. The van der Waals surface area contributed by atoms with Crippen molar-refractivity contribution in [2.45, 2.75) is 6.92 Å². The largest absolute Gasteiger partial charge is 0.478 e. The normalized spacial score (nSPS) is 10.2. The third kappa shape index (κ3) is 2.41. The number of hydrogen-bond donors (Lipinski definition) is 2. The summed E-state index contributed by atoms with van der Waals surface area (Å²) in [6.07, 6.45) is 1.32. The molecule has 2 rings (SSSR count). The summed E-state index contributed by atoms with van der Waals surface area (Å²) in [4.78, 5) is 31.6. The molecule has 0 spiro atoms. The van der Waals surface area contributed by atoms with Crippen molar-refractivity contribution in [1.29, 1.82) is 0 Å². The molecular formula is C11H11N3O3. The molecule has 0 unspecified atom stereocenters.